The molecule has 2 saturated heterocycles. The monoisotopic (exact) mass is 323 g/mol. The summed E-state index contributed by atoms with van der Waals surface area (Å²) >= 11 is 0. The largest absolute Gasteiger partial charge is 0.444 e. The van der Waals surface area contributed by atoms with Gasteiger partial charge in [0.2, 0.25) is 0 Å². The topological polar surface area (TPSA) is 44.8 Å². The van der Waals surface area contributed by atoms with Gasteiger partial charge in [0.1, 0.15) is 5.60 Å². The molecule has 1 atom stereocenters. The quantitative estimate of drug-likeness (QED) is 0.863. The fraction of sp³-hybridized carbons (Fsp3) is 0.944. The van der Waals surface area contributed by atoms with Crippen LogP contribution in [0.25, 0.3) is 0 Å². The lowest BCUT2D eigenvalue weighted by Crippen LogP contribution is -2.44. The molecule has 3 fully saturated rings. The molecule has 2 aliphatic heterocycles. The van der Waals surface area contributed by atoms with Gasteiger partial charge in [-0.25, -0.2) is 4.79 Å². The Labute approximate surface area is 140 Å². The summed E-state index contributed by atoms with van der Waals surface area (Å²) in [6, 6.07) is 1.58. The standard InChI is InChI=1S/C18H33N3O2/c1-18(2,3)23-17(22)20-9-6-14(7-10-20)12-19-15-8-11-21(13-15)16-4-5-16/h14-16,19H,4-13H2,1-3H3. The van der Waals surface area contributed by atoms with E-state index < -0.39 is 5.60 Å². The van der Waals surface area contributed by atoms with Crippen molar-refractivity contribution in [2.75, 3.05) is 32.7 Å². The Hall–Kier alpha value is -0.810. The van der Waals surface area contributed by atoms with Crippen LogP contribution in [0.1, 0.15) is 52.9 Å². The average molecular weight is 323 g/mol. The number of carbonyl (C=O) groups is 1. The molecule has 1 saturated carbocycles. The SMILES string of the molecule is CC(C)(C)OC(=O)N1CCC(CNC2CCN(C3CC3)C2)CC1. The summed E-state index contributed by atoms with van der Waals surface area (Å²) in [6.07, 6.45) is 6.15. The van der Waals surface area contributed by atoms with Gasteiger partial charge in [-0.15, -0.1) is 0 Å². The Bertz CT molecular complexity index is 409. The maximum Gasteiger partial charge on any atom is 0.410 e. The van der Waals surface area contributed by atoms with E-state index in [1.165, 1.54) is 32.4 Å². The fourth-order valence-corrected chi connectivity index (χ4v) is 3.70. The summed E-state index contributed by atoms with van der Waals surface area (Å²) in [4.78, 5) is 16.6. The zero-order valence-electron chi connectivity index (χ0n) is 15.0. The second kappa shape index (κ2) is 6.98. The number of likely N-dealkylation sites (tertiary alicyclic amines) is 2. The number of carbonyl (C=O) groups excluding carboxylic acids is 1. The number of ether oxygens (including phenoxy) is 1. The summed E-state index contributed by atoms with van der Waals surface area (Å²) < 4.78 is 5.46. The number of hydrogen-bond donors (Lipinski definition) is 1. The first kappa shape index (κ1) is 17.0. The highest BCUT2D eigenvalue weighted by atomic mass is 16.6. The van der Waals surface area contributed by atoms with Crippen LogP contribution < -0.4 is 5.32 Å². The van der Waals surface area contributed by atoms with Crippen molar-refractivity contribution in [3.05, 3.63) is 0 Å². The van der Waals surface area contributed by atoms with E-state index >= 15 is 0 Å². The lowest BCUT2D eigenvalue weighted by atomic mass is 9.96. The molecule has 5 nitrogen and oxygen atoms in total. The van der Waals surface area contributed by atoms with Crippen molar-refractivity contribution in [3.8, 4) is 0 Å². The minimum Gasteiger partial charge on any atom is -0.444 e. The second-order valence-electron chi connectivity index (χ2n) is 8.53. The molecule has 1 amide bonds. The van der Waals surface area contributed by atoms with E-state index in [1.54, 1.807) is 0 Å². The predicted molar refractivity (Wildman–Crippen MR) is 91.5 cm³/mol. The molecule has 1 unspecified atom stereocenters. The van der Waals surface area contributed by atoms with Crippen molar-refractivity contribution in [1.29, 1.82) is 0 Å². The third kappa shape index (κ3) is 5.08. The number of hydrogen-bond acceptors (Lipinski definition) is 4. The van der Waals surface area contributed by atoms with Gasteiger partial charge in [-0.3, -0.25) is 4.90 Å². The molecule has 0 radical (unpaired) electrons. The lowest BCUT2D eigenvalue weighted by Gasteiger charge is -2.34. The number of rotatable bonds is 4. The van der Waals surface area contributed by atoms with Gasteiger partial charge in [-0.2, -0.15) is 0 Å². The molecule has 0 aromatic rings. The average Bonchev–Trinajstić information content (AvgIpc) is 3.23. The highest BCUT2D eigenvalue weighted by Crippen LogP contribution is 2.30. The number of amides is 1. The summed E-state index contributed by atoms with van der Waals surface area (Å²) in [7, 11) is 0. The maximum absolute atomic E-state index is 12.1. The fourth-order valence-electron chi connectivity index (χ4n) is 3.70. The van der Waals surface area contributed by atoms with Gasteiger partial charge in [0.15, 0.2) is 0 Å². The van der Waals surface area contributed by atoms with Gasteiger partial charge in [0.25, 0.3) is 0 Å². The molecule has 0 aromatic carbocycles. The van der Waals surface area contributed by atoms with E-state index in [0.717, 1.165) is 38.5 Å². The first-order valence-corrected chi connectivity index (χ1v) is 9.36. The molecule has 1 aliphatic carbocycles. The van der Waals surface area contributed by atoms with Gasteiger partial charge in [0.05, 0.1) is 0 Å². The van der Waals surface area contributed by atoms with Crippen LogP contribution in [0.3, 0.4) is 0 Å². The highest BCUT2D eigenvalue weighted by Gasteiger charge is 2.34. The van der Waals surface area contributed by atoms with Crippen molar-refractivity contribution in [2.24, 2.45) is 5.92 Å². The molecule has 5 heteroatoms. The minimum atomic E-state index is -0.397. The van der Waals surface area contributed by atoms with Crippen molar-refractivity contribution < 1.29 is 9.53 Å². The molecule has 3 aliphatic rings. The Morgan fingerprint density at radius 1 is 1.09 bits per heavy atom. The van der Waals surface area contributed by atoms with Gasteiger partial charge < -0.3 is 15.0 Å². The van der Waals surface area contributed by atoms with Gasteiger partial charge in [-0.05, 0) is 65.3 Å². The Kier molecular flexibility index (Phi) is 5.16. The normalized spacial score (nSPS) is 27.4. The van der Waals surface area contributed by atoms with E-state index in [9.17, 15) is 4.79 Å². The molecule has 23 heavy (non-hydrogen) atoms. The minimum absolute atomic E-state index is 0.153. The summed E-state index contributed by atoms with van der Waals surface area (Å²) in [5.74, 6) is 0.698. The van der Waals surface area contributed by atoms with Crippen LogP contribution in [0.4, 0.5) is 4.79 Å². The Morgan fingerprint density at radius 3 is 2.39 bits per heavy atom. The van der Waals surface area contributed by atoms with Gasteiger partial charge in [0, 0.05) is 38.3 Å². The van der Waals surface area contributed by atoms with Gasteiger partial charge >= 0.3 is 6.09 Å². The van der Waals surface area contributed by atoms with Crippen LogP contribution in [-0.4, -0.2) is 66.3 Å². The van der Waals surface area contributed by atoms with Crippen molar-refractivity contribution in [2.45, 2.75) is 70.6 Å². The molecule has 0 spiro atoms. The van der Waals surface area contributed by atoms with Crippen molar-refractivity contribution in [3.63, 3.8) is 0 Å². The van der Waals surface area contributed by atoms with Crippen LogP contribution in [0.15, 0.2) is 0 Å². The molecule has 0 bridgehead atoms. The van der Waals surface area contributed by atoms with Gasteiger partial charge in [-0.1, -0.05) is 0 Å². The third-order valence-electron chi connectivity index (χ3n) is 5.24. The molecule has 1 N–H and O–H groups in total. The van der Waals surface area contributed by atoms with E-state index in [0.29, 0.717) is 12.0 Å². The smallest absolute Gasteiger partial charge is 0.410 e. The zero-order valence-corrected chi connectivity index (χ0v) is 15.0. The van der Waals surface area contributed by atoms with Crippen molar-refractivity contribution in [1.82, 2.24) is 15.1 Å². The molecular formula is C18H33N3O2. The van der Waals surface area contributed by atoms with E-state index in [1.807, 2.05) is 25.7 Å². The van der Waals surface area contributed by atoms with Crippen LogP contribution in [0, 0.1) is 5.92 Å². The van der Waals surface area contributed by atoms with E-state index in [2.05, 4.69) is 10.2 Å². The number of piperidine rings is 1. The summed E-state index contributed by atoms with van der Waals surface area (Å²) in [5.41, 5.74) is -0.397. The molecule has 132 valence electrons. The Balaban J connectivity index is 1.32. The molecular weight excluding hydrogens is 290 g/mol. The third-order valence-corrected chi connectivity index (χ3v) is 5.24. The summed E-state index contributed by atoms with van der Waals surface area (Å²) in [5, 5.41) is 3.77. The van der Waals surface area contributed by atoms with Crippen LogP contribution in [-0.2, 0) is 4.74 Å². The van der Waals surface area contributed by atoms with Crippen LogP contribution in [0.5, 0.6) is 0 Å². The maximum atomic E-state index is 12.1. The van der Waals surface area contributed by atoms with Crippen molar-refractivity contribution >= 4 is 6.09 Å². The molecule has 2 heterocycles. The lowest BCUT2D eigenvalue weighted by molar-refractivity contribution is 0.0183. The number of nitrogens with one attached hydrogen (secondary N) is 1. The molecule has 0 aromatic heterocycles. The van der Waals surface area contributed by atoms with E-state index in [-0.39, 0.29) is 6.09 Å². The second-order valence-corrected chi connectivity index (χ2v) is 8.53. The predicted octanol–water partition coefficient (Wildman–Crippen LogP) is 2.46. The zero-order chi connectivity index (χ0) is 16.4. The first-order valence-electron chi connectivity index (χ1n) is 9.36. The molecule has 3 rings (SSSR count). The first-order chi connectivity index (χ1) is 10.9. The van der Waals surface area contributed by atoms with E-state index in [4.69, 9.17) is 4.74 Å². The Morgan fingerprint density at radius 2 is 1.78 bits per heavy atom. The van der Waals surface area contributed by atoms with Crippen LogP contribution >= 0.6 is 0 Å². The number of nitrogens with zero attached hydrogens (tertiary/aromatic N) is 2. The summed E-state index contributed by atoms with van der Waals surface area (Å²) in [6.45, 7) is 11.1. The highest BCUT2D eigenvalue weighted by molar-refractivity contribution is 5.68. The van der Waals surface area contributed by atoms with Crippen LogP contribution in [0.2, 0.25) is 0 Å².